The highest BCUT2D eigenvalue weighted by molar-refractivity contribution is 5.95. The number of hydrogen-bond donors (Lipinski definition) is 1. The van der Waals surface area contributed by atoms with Gasteiger partial charge in [0, 0.05) is 54.4 Å². The zero-order valence-electron chi connectivity index (χ0n) is 22.1. The first-order valence-corrected chi connectivity index (χ1v) is 14.1. The van der Waals surface area contributed by atoms with E-state index in [1.807, 2.05) is 0 Å². The fraction of sp³-hybridized carbons (Fsp3) is 0.533. The van der Waals surface area contributed by atoms with Crippen LogP contribution in [0.5, 0.6) is 6.01 Å². The van der Waals surface area contributed by atoms with Crippen molar-refractivity contribution >= 4 is 22.3 Å². The van der Waals surface area contributed by atoms with Gasteiger partial charge < -0.3 is 24.8 Å². The van der Waals surface area contributed by atoms with E-state index in [-0.39, 0.29) is 0 Å². The molecule has 0 saturated carbocycles. The number of nitrogens with zero attached hydrogens (tertiary/aromatic N) is 5. The van der Waals surface area contributed by atoms with Crippen molar-refractivity contribution in [2.75, 3.05) is 49.6 Å². The molecule has 1 aromatic heterocycles. The fourth-order valence-corrected chi connectivity index (χ4v) is 6.90. The van der Waals surface area contributed by atoms with Crippen LogP contribution in [0.25, 0.3) is 10.8 Å². The second-order valence-corrected chi connectivity index (χ2v) is 11.6. The standard InChI is InChI=1S/C30H38N6O/c1-20-8-9-21-5-3-7-28(26(21)15-20)35-14-12-25-27(18-35)32-30(37-19-24-6-4-13-34(24)2)33-29(25)36-16-22-10-11-23(17-36)31-22/h3,5,7-9,15,22-24,31H,4,6,10-14,16-19H2,1-2H3/t22-,23+,24-/m0/s1. The minimum Gasteiger partial charge on any atom is -0.462 e. The number of piperazine rings is 1. The van der Waals surface area contributed by atoms with E-state index >= 15 is 0 Å². The zero-order chi connectivity index (χ0) is 24.9. The van der Waals surface area contributed by atoms with Crippen LogP contribution in [0.2, 0.25) is 0 Å². The van der Waals surface area contributed by atoms with Crippen molar-refractivity contribution in [1.82, 2.24) is 20.2 Å². The van der Waals surface area contributed by atoms with Crippen LogP contribution in [-0.4, -0.2) is 72.8 Å². The Labute approximate surface area is 219 Å². The largest absolute Gasteiger partial charge is 0.462 e. The van der Waals surface area contributed by atoms with Crippen LogP contribution in [0.4, 0.5) is 11.5 Å². The first-order valence-electron chi connectivity index (χ1n) is 14.1. The summed E-state index contributed by atoms with van der Waals surface area (Å²) in [4.78, 5) is 17.5. The molecule has 0 radical (unpaired) electrons. The third kappa shape index (κ3) is 4.42. The molecule has 0 spiro atoms. The van der Waals surface area contributed by atoms with Crippen LogP contribution >= 0.6 is 0 Å². The highest BCUT2D eigenvalue weighted by atomic mass is 16.5. The molecular formula is C30H38N6O. The number of likely N-dealkylation sites (tertiary alicyclic amines) is 1. The van der Waals surface area contributed by atoms with E-state index in [4.69, 9.17) is 14.7 Å². The Kier molecular flexibility index (Phi) is 5.93. The van der Waals surface area contributed by atoms with Crippen LogP contribution in [0, 0.1) is 6.92 Å². The average molecular weight is 499 g/mol. The monoisotopic (exact) mass is 498 g/mol. The van der Waals surface area contributed by atoms with E-state index in [1.54, 1.807) is 0 Å². The van der Waals surface area contributed by atoms with E-state index in [0.29, 0.717) is 30.7 Å². The van der Waals surface area contributed by atoms with E-state index in [2.05, 4.69) is 70.4 Å². The van der Waals surface area contributed by atoms with Gasteiger partial charge in [0.25, 0.3) is 0 Å². The van der Waals surface area contributed by atoms with Crippen molar-refractivity contribution in [3.8, 4) is 6.01 Å². The fourth-order valence-electron chi connectivity index (χ4n) is 6.90. The van der Waals surface area contributed by atoms with Crippen molar-refractivity contribution in [2.24, 2.45) is 0 Å². The van der Waals surface area contributed by atoms with Gasteiger partial charge in [-0.1, -0.05) is 29.8 Å². The predicted octanol–water partition coefficient (Wildman–Crippen LogP) is 3.91. The minimum absolute atomic E-state index is 0.452. The Morgan fingerprint density at radius 1 is 1.00 bits per heavy atom. The van der Waals surface area contributed by atoms with Gasteiger partial charge in [-0.3, -0.25) is 0 Å². The summed E-state index contributed by atoms with van der Waals surface area (Å²) in [5, 5.41) is 6.38. The first-order chi connectivity index (χ1) is 18.1. The molecule has 7 nitrogen and oxygen atoms in total. The third-order valence-electron chi connectivity index (χ3n) is 8.97. The van der Waals surface area contributed by atoms with E-state index in [9.17, 15) is 0 Å². The number of aryl methyl sites for hydroxylation is 1. The molecule has 0 aliphatic carbocycles. The number of benzene rings is 2. The number of rotatable bonds is 5. The Balaban J connectivity index is 1.22. The van der Waals surface area contributed by atoms with Gasteiger partial charge in [0.1, 0.15) is 12.4 Å². The molecule has 3 atom stereocenters. The number of nitrogens with one attached hydrogen (secondary N) is 1. The van der Waals surface area contributed by atoms with Gasteiger partial charge in [0.15, 0.2) is 0 Å². The Hall–Kier alpha value is -2.90. The maximum absolute atomic E-state index is 6.33. The Bertz CT molecular complexity index is 1300. The SMILES string of the molecule is Cc1ccc2cccc(N3CCc4c(nc(OC[C@@H]5CCCN5C)nc4N4C[C@H]5CC[C@@H](C4)N5)C3)c2c1. The predicted molar refractivity (Wildman–Crippen MR) is 149 cm³/mol. The Morgan fingerprint density at radius 3 is 2.68 bits per heavy atom. The number of hydrogen-bond acceptors (Lipinski definition) is 7. The average Bonchev–Trinajstić information content (AvgIpc) is 3.49. The van der Waals surface area contributed by atoms with Gasteiger partial charge in [-0.25, -0.2) is 0 Å². The smallest absolute Gasteiger partial charge is 0.318 e. The van der Waals surface area contributed by atoms with Crippen LogP contribution in [0.1, 0.15) is 42.5 Å². The van der Waals surface area contributed by atoms with Gasteiger partial charge in [-0.15, -0.1) is 0 Å². The van der Waals surface area contributed by atoms with Crippen LogP contribution in [0.3, 0.4) is 0 Å². The summed E-state index contributed by atoms with van der Waals surface area (Å²) in [7, 11) is 2.19. The lowest BCUT2D eigenvalue weighted by Crippen LogP contribution is -2.52. The maximum atomic E-state index is 6.33. The molecule has 2 aromatic carbocycles. The van der Waals surface area contributed by atoms with E-state index in [0.717, 1.165) is 50.7 Å². The second kappa shape index (κ2) is 9.44. The lowest BCUT2D eigenvalue weighted by Gasteiger charge is -2.37. The summed E-state index contributed by atoms with van der Waals surface area (Å²) in [6.45, 7) is 7.79. The molecule has 4 aliphatic heterocycles. The highest BCUT2D eigenvalue weighted by Crippen LogP contribution is 2.36. The van der Waals surface area contributed by atoms with Crippen molar-refractivity contribution in [3.63, 3.8) is 0 Å². The van der Waals surface area contributed by atoms with Gasteiger partial charge in [0.2, 0.25) is 0 Å². The second-order valence-electron chi connectivity index (χ2n) is 11.6. The number of anilines is 2. The summed E-state index contributed by atoms with van der Waals surface area (Å²) in [6, 6.07) is 15.5. The Morgan fingerprint density at radius 2 is 1.86 bits per heavy atom. The lowest BCUT2D eigenvalue weighted by atomic mass is 10.0. The summed E-state index contributed by atoms with van der Waals surface area (Å²) in [6.07, 6.45) is 5.91. The molecule has 3 saturated heterocycles. The number of ether oxygens (including phenoxy) is 1. The number of likely N-dealkylation sites (N-methyl/N-ethyl adjacent to an activating group) is 1. The van der Waals surface area contributed by atoms with Gasteiger partial charge in [-0.2, -0.15) is 9.97 Å². The molecule has 0 amide bonds. The molecule has 37 heavy (non-hydrogen) atoms. The zero-order valence-corrected chi connectivity index (χ0v) is 22.1. The van der Waals surface area contributed by atoms with Crippen molar-refractivity contribution in [1.29, 1.82) is 0 Å². The molecule has 194 valence electrons. The van der Waals surface area contributed by atoms with Crippen molar-refractivity contribution in [2.45, 2.75) is 63.7 Å². The van der Waals surface area contributed by atoms with Crippen LogP contribution in [0.15, 0.2) is 36.4 Å². The molecule has 1 N–H and O–H groups in total. The third-order valence-corrected chi connectivity index (χ3v) is 8.97. The van der Waals surface area contributed by atoms with E-state index in [1.165, 1.54) is 53.3 Å². The first kappa shape index (κ1) is 23.2. The van der Waals surface area contributed by atoms with Gasteiger partial charge >= 0.3 is 6.01 Å². The molecule has 7 rings (SSSR count). The summed E-state index contributed by atoms with van der Waals surface area (Å²) < 4.78 is 6.33. The molecule has 2 bridgehead atoms. The summed E-state index contributed by atoms with van der Waals surface area (Å²) in [5.74, 6) is 1.12. The lowest BCUT2D eigenvalue weighted by molar-refractivity contribution is 0.187. The quantitative estimate of drug-likeness (QED) is 0.572. The maximum Gasteiger partial charge on any atom is 0.318 e. The summed E-state index contributed by atoms with van der Waals surface area (Å²) >= 11 is 0. The highest BCUT2D eigenvalue weighted by Gasteiger charge is 2.35. The molecule has 0 unspecified atom stereocenters. The molecule has 4 aliphatic rings. The molecule has 5 heterocycles. The molecule has 3 aromatic rings. The van der Waals surface area contributed by atoms with Crippen LogP contribution in [-0.2, 0) is 13.0 Å². The molecule has 3 fully saturated rings. The topological polar surface area (TPSA) is 56.8 Å². The molecular weight excluding hydrogens is 460 g/mol. The van der Waals surface area contributed by atoms with Gasteiger partial charge in [-0.05, 0) is 70.1 Å². The number of aromatic nitrogens is 2. The van der Waals surface area contributed by atoms with Crippen LogP contribution < -0.4 is 19.9 Å². The van der Waals surface area contributed by atoms with Gasteiger partial charge in [0.05, 0.1) is 12.2 Å². The van der Waals surface area contributed by atoms with Crippen molar-refractivity contribution in [3.05, 3.63) is 53.2 Å². The number of fused-ring (bicyclic) bond motifs is 4. The minimum atomic E-state index is 0.452. The van der Waals surface area contributed by atoms with E-state index < -0.39 is 0 Å². The normalized spacial score (nSPS) is 25.6. The van der Waals surface area contributed by atoms with Crippen molar-refractivity contribution < 1.29 is 4.74 Å². The summed E-state index contributed by atoms with van der Waals surface area (Å²) in [5.41, 5.74) is 5.03. The molecule has 7 heteroatoms.